The van der Waals surface area contributed by atoms with Crippen LogP contribution in [0.4, 0.5) is 5.00 Å². The molecule has 3 nitrogen and oxygen atoms in total. The molecule has 2 rings (SSSR count). The summed E-state index contributed by atoms with van der Waals surface area (Å²) in [4.78, 5) is 0. The SMILES string of the molecule is COc1ccc(OC)c2sc(N)cc12. The molecule has 0 unspecified atom stereocenters. The number of ether oxygens (including phenoxy) is 2. The number of anilines is 1. The zero-order valence-electron chi connectivity index (χ0n) is 8.03. The Morgan fingerprint density at radius 3 is 2.43 bits per heavy atom. The molecule has 1 heterocycles. The van der Waals surface area contributed by atoms with Crippen LogP contribution in [-0.2, 0) is 0 Å². The summed E-state index contributed by atoms with van der Waals surface area (Å²) in [6.45, 7) is 0. The summed E-state index contributed by atoms with van der Waals surface area (Å²) in [5.41, 5.74) is 5.75. The maximum absolute atomic E-state index is 5.75. The number of nitrogens with two attached hydrogens (primary N) is 1. The largest absolute Gasteiger partial charge is 0.496 e. The van der Waals surface area contributed by atoms with Gasteiger partial charge in [0.2, 0.25) is 0 Å². The molecular weight excluding hydrogens is 198 g/mol. The first-order chi connectivity index (χ1) is 6.76. The lowest BCUT2D eigenvalue weighted by atomic mass is 10.2. The second-order valence-corrected chi connectivity index (χ2v) is 3.95. The van der Waals surface area contributed by atoms with Crippen molar-refractivity contribution in [2.24, 2.45) is 0 Å². The second kappa shape index (κ2) is 3.38. The zero-order valence-corrected chi connectivity index (χ0v) is 8.85. The molecule has 0 saturated carbocycles. The monoisotopic (exact) mass is 209 g/mol. The van der Waals surface area contributed by atoms with E-state index in [1.165, 1.54) is 11.3 Å². The first-order valence-electron chi connectivity index (χ1n) is 4.16. The van der Waals surface area contributed by atoms with E-state index in [1.807, 2.05) is 18.2 Å². The van der Waals surface area contributed by atoms with Gasteiger partial charge in [-0.15, -0.1) is 11.3 Å². The number of hydrogen-bond acceptors (Lipinski definition) is 4. The summed E-state index contributed by atoms with van der Waals surface area (Å²) >= 11 is 1.51. The fourth-order valence-electron chi connectivity index (χ4n) is 1.43. The van der Waals surface area contributed by atoms with Crippen molar-refractivity contribution in [2.75, 3.05) is 20.0 Å². The Bertz CT molecular complexity index is 423. The molecule has 0 aliphatic heterocycles. The minimum absolute atomic E-state index is 0.766. The smallest absolute Gasteiger partial charge is 0.137 e. The van der Waals surface area contributed by atoms with Crippen molar-refractivity contribution in [3.8, 4) is 11.5 Å². The fourth-order valence-corrected chi connectivity index (χ4v) is 2.37. The van der Waals surface area contributed by atoms with E-state index in [0.29, 0.717) is 0 Å². The molecule has 0 aliphatic rings. The third-order valence-electron chi connectivity index (χ3n) is 2.07. The Morgan fingerprint density at radius 1 is 1.14 bits per heavy atom. The highest BCUT2D eigenvalue weighted by molar-refractivity contribution is 7.23. The van der Waals surface area contributed by atoms with Crippen molar-refractivity contribution in [1.29, 1.82) is 0 Å². The summed E-state index contributed by atoms with van der Waals surface area (Å²) in [6.07, 6.45) is 0. The summed E-state index contributed by atoms with van der Waals surface area (Å²) in [7, 11) is 3.30. The van der Waals surface area contributed by atoms with Crippen LogP contribution >= 0.6 is 11.3 Å². The van der Waals surface area contributed by atoms with Gasteiger partial charge in [0.15, 0.2) is 0 Å². The molecule has 0 atom stereocenters. The highest BCUT2D eigenvalue weighted by Crippen LogP contribution is 2.40. The van der Waals surface area contributed by atoms with Gasteiger partial charge in [0.1, 0.15) is 11.5 Å². The lowest BCUT2D eigenvalue weighted by Crippen LogP contribution is -1.86. The summed E-state index contributed by atoms with van der Waals surface area (Å²) in [5.74, 6) is 1.66. The minimum atomic E-state index is 0.766. The summed E-state index contributed by atoms with van der Waals surface area (Å²) in [6, 6.07) is 5.67. The Hall–Kier alpha value is -1.42. The molecule has 2 aromatic rings. The van der Waals surface area contributed by atoms with Gasteiger partial charge in [0.05, 0.1) is 23.9 Å². The van der Waals surface area contributed by atoms with Gasteiger partial charge in [-0.1, -0.05) is 0 Å². The quantitative estimate of drug-likeness (QED) is 0.826. The number of thiophene rings is 1. The number of benzene rings is 1. The van der Waals surface area contributed by atoms with E-state index in [9.17, 15) is 0 Å². The Morgan fingerprint density at radius 2 is 1.79 bits per heavy atom. The maximum Gasteiger partial charge on any atom is 0.137 e. The Kier molecular flexibility index (Phi) is 2.21. The van der Waals surface area contributed by atoms with Crippen LogP contribution in [0.1, 0.15) is 0 Å². The number of nitrogen functional groups attached to an aromatic ring is 1. The van der Waals surface area contributed by atoms with E-state index < -0.39 is 0 Å². The molecule has 0 aliphatic carbocycles. The molecule has 1 aromatic carbocycles. The van der Waals surface area contributed by atoms with Gasteiger partial charge in [-0.05, 0) is 18.2 Å². The van der Waals surface area contributed by atoms with Crippen LogP contribution in [0.15, 0.2) is 18.2 Å². The maximum atomic E-state index is 5.75. The molecular formula is C10H11NO2S. The summed E-state index contributed by atoms with van der Waals surface area (Å²) in [5, 5.41) is 1.78. The van der Waals surface area contributed by atoms with Crippen LogP contribution in [0.25, 0.3) is 10.1 Å². The highest BCUT2D eigenvalue weighted by Gasteiger charge is 2.09. The first kappa shape index (κ1) is 9.15. The predicted molar refractivity (Wildman–Crippen MR) is 59.3 cm³/mol. The third-order valence-corrected chi connectivity index (χ3v) is 3.05. The Balaban J connectivity index is 2.77. The van der Waals surface area contributed by atoms with Crippen LogP contribution in [0.2, 0.25) is 0 Å². The average Bonchev–Trinajstić information content (AvgIpc) is 2.57. The standard InChI is InChI=1S/C10H11NO2S/c1-12-7-3-4-8(13-2)10-6(7)5-9(11)14-10/h3-5H,11H2,1-2H3. The molecule has 0 saturated heterocycles. The third kappa shape index (κ3) is 1.28. The van der Waals surface area contributed by atoms with Gasteiger partial charge >= 0.3 is 0 Å². The van der Waals surface area contributed by atoms with Crippen LogP contribution in [-0.4, -0.2) is 14.2 Å². The van der Waals surface area contributed by atoms with Gasteiger partial charge in [0.25, 0.3) is 0 Å². The molecule has 4 heteroatoms. The fraction of sp³-hybridized carbons (Fsp3) is 0.200. The minimum Gasteiger partial charge on any atom is -0.496 e. The molecule has 74 valence electrons. The number of rotatable bonds is 2. The van der Waals surface area contributed by atoms with E-state index >= 15 is 0 Å². The highest BCUT2D eigenvalue weighted by atomic mass is 32.1. The van der Waals surface area contributed by atoms with Crippen molar-refractivity contribution in [2.45, 2.75) is 0 Å². The van der Waals surface area contributed by atoms with Crippen LogP contribution in [0.3, 0.4) is 0 Å². The van der Waals surface area contributed by atoms with Gasteiger partial charge < -0.3 is 15.2 Å². The normalized spacial score (nSPS) is 10.4. The lowest BCUT2D eigenvalue weighted by molar-refractivity contribution is 0.411. The molecule has 0 bridgehead atoms. The van der Waals surface area contributed by atoms with Crippen LogP contribution < -0.4 is 15.2 Å². The van der Waals surface area contributed by atoms with Gasteiger partial charge in [-0.25, -0.2) is 0 Å². The number of methoxy groups -OCH3 is 2. The molecule has 0 fully saturated rings. The van der Waals surface area contributed by atoms with Gasteiger partial charge in [0, 0.05) is 5.39 Å². The Labute approximate surface area is 86.1 Å². The van der Waals surface area contributed by atoms with Crippen molar-refractivity contribution in [3.63, 3.8) is 0 Å². The van der Waals surface area contributed by atoms with E-state index in [0.717, 1.165) is 26.6 Å². The van der Waals surface area contributed by atoms with Crippen LogP contribution in [0, 0.1) is 0 Å². The molecule has 0 amide bonds. The number of fused-ring (bicyclic) bond motifs is 1. The lowest BCUT2D eigenvalue weighted by Gasteiger charge is -2.04. The van der Waals surface area contributed by atoms with E-state index in [2.05, 4.69) is 0 Å². The van der Waals surface area contributed by atoms with Crippen molar-refractivity contribution >= 4 is 26.4 Å². The summed E-state index contributed by atoms with van der Waals surface area (Å²) < 4.78 is 11.5. The molecule has 14 heavy (non-hydrogen) atoms. The molecule has 0 spiro atoms. The van der Waals surface area contributed by atoms with Gasteiger partial charge in [-0.3, -0.25) is 0 Å². The molecule has 0 radical (unpaired) electrons. The van der Waals surface area contributed by atoms with Gasteiger partial charge in [-0.2, -0.15) is 0 Å². The van der Waals surface area contributed by atoms with E-state index in [-0.39, 0.29) is 0 Å². The topological polar surface area (TPSA) is 44.5 Å². The second-order valence-electron chi connectivity index (χ2n) is 2.86. The number of hydrogen-bond donors (Lipinski definition) is 1. The van der Waals surface area contributed by atoms with Crippen LogP contribution in [0.5, 0.6) is 11.5 Å². The average molecular weight is 209 g/mol. The van der Waals surface area contributed by atoms with E-state index in [4.69, 9.17) is 15.2 Å². The predicted octanol–water partition coefficient (Wildman–Crippen LogP) is 2.50. The van der Waals surface area contributed by atoms with E-state index in [1.54, 1.807) is 14.2 Å². The van der Waals surface area contributed by atoms with Crippen molar-refractivity contribution in [1.82, 2.24) is 0 Å². The first-order valence-corrected chi connectivity index (χ1v) is 4.98. The van der Waals surface area contributed by atoms with Crippen molar-refractivity contribution in [3.05, 3.63) is 18.2 Å². The molecule has 1 aromatic heterocycles. The zero-order chi connectivity index (χ0) is 10.1. The van der Waals surface area contributed by atoms with Crippen molar-refractivity contribution < 1.29 is 9.47 Å². The molecule has 2 N–H and O–H groups in total.